The molecule has 4 nitrogen and oxygen atoms in total. The third kappa shape index (κ3) is 4.20. The smallest absolute Gasteiger partial charge is 0.222 e. The van der Waals surface area contributed by atoms with Gasteiger partial charge in [0.05, 0.1) is 6.10 Å². The number of piperazine rings is 1. The van der Waals surface area contributed by atoms with Gasteiger partial charge < -0.3 is 15.3 Å². The first-order chi connectivity index (χ1) is 15.7. The van der Waals surface area contributed by atoms with Gasteiger partial charge in [-0.2, -0.15) is 0 Å². The normalized spacial score (nSPS) is 48.5. The summed E-state index contributed by atoms with van der Waals surface area (Å²) >= 11 is 0. The first-order valence-corrected chi connectivity index (χ1v) is 14.4. The monoisotopic (exact) mass is 458 g/mol. The molecule has 1 amide bonds. The molecule has 0 radical (unpaired) electrons. The summed E-state index contributed by atoms with van der Waals surface area (Å²) in [5.74, 6) is 5.24. The minimum Gasteiger partial charge on any atom is -0.393 e. The molecule has 10 atom stereocenters. The number of aliphatic hydroxyl groups is 1. The van der Waals surface area contributed by atoms with Crippen molar-refractivity contribution in [3.63, 3.8) is 0 Å². The zero-order valence-corrected chi connectivity index (χ0v) is 21.8. The minimum absolute atomic E-state index is 0.0442. The molecular weight excluding hydrogens is 408 g/mol. The standard InChI is InChI=1S/C29H50N2O2/c1-19(5-10-27(33)31-16-15-30-20(2)18-31)24-8-9-25-23-7-6-21-17-22(32)11-13-28(21,3)26(23)12-14-29(24,25)4/h19-26,30,32H,5-18H2,1-4H3/t19-,20+,21+,22+,23+,24-,25+,26+,28+,29-/m1/s1. The van der Waals surface area contributed by atoms with Crippen LogP contribution in [0.15, 0.2) is 0 Å². The van der Waals surface area contributed by atoms with Gasteiger partial charge in [-0.25, -0.2) is 0 Å². The first kappa shape index (κ1) is 24.1. The lowest BCUT2D eigenvalue weighted by Crippen LogP contribution is -2.54. The van der Waals surface area contributed by atoms with Crippen molar-refractivity contribution in [1.82, 2.24) is 10.2 Å². The van der Waals surface area contributed by atoms with E-state index in [2.05, 4.69) is 37.9 Å². The van der Waals surface area contributed by atoms with Crippen molar-refractivity contribution in [3.8, 4) is 0 Å². The number of aliphatic hydroxyl groups excluding tert-OH is 1. The van der Waals surface area contributed by atoms with E-state index in [1.54, 1.807) is 0 Å². The summed E-state index contributed by atoms with van der Waals surface area (Å²) in [5, 5.41) is 13.8. The summed E-state index contributed by atoms with van der Waals surface area (Å²) in [5.41, 5.74) is 0.949. The largest absolute Gasteiger partial charge is 0.393 e. The van der Waals surface area contributed by atoms with Crippen LogP contribution in [-0.4, -0.2) is 47.7 Å². The van der Waals surface area contributed by atoms with E-state index in [-0.39, 0.29) is 6.10 Å². The average Bonchev–Trinajstić information content (AvgIpc) is 3.15. The Labute approximate surface area is 202 Å². The van der Waals surface area contributed by atoms with Gasteiger partial charge >= 0.3 is 0 Å². The number of nitrogens with one attached hydrogen (secondary N) is 1. The van der Waals surface area contributed by atoms with Crippen molar-refractivity contribution in [3.05, 3.63) is 0 Å². The molecule has 0 unspecified atom stereocenters. The molecule has 0 spiro atoms. The molecule has 1 aliphatic heterocycles. The molecule has 4 heteroatoms. The van der Waals surface area contributed by atoms with E-state index in [4.69, 9.17) is 0 Å². The molecule has 33 heavy (non-hydrogen) atoms. The fraction of sp³-hybridized carbons (Fsp3) is 0.966. The molecule has 0 aromatic rings. The van der Waals surface area contributed by atoms with Gasteiger partial charge in [-0.15, -0.1) is 0 Å². The molecule has 1 saturated heterocycles. The zero-order chi connectivity index (χ0) is 23.4. The van der Waals surface area contributed by atoms with Crippen LogP contribution in [0, 0.1) is 46.3 Å². The number of fused-ring (bicyclic) bond motifs is 5. The molecule has 1 heterocycles. The molecule has 188 valence electrons. The third-order valence-corrected chi connectivity index (χ3v) is 11.9. The lowest BCUT2D eigenvalue weighted by atomic mass is 9.44. The summed E-state index contributed by atoms with van der Waals surface area (Å²) < 4.78 is 0. The predicted molar refractivity (Wildman–Crippen MR) is 134 cm³/mol. The predicted octanol–water partition coefficient (Wildman–Crippen LogP) is 5.24. The van der Waals surface area contributed by atoms with Gasteiger partial charge in [-0.1, -0.05) is 20.8 Å². The Morgan fingerprint density at radius 2 is 1.82 bits per heavy atom. The molecule has 0 bridgehead atoms. The second-order valence-corrected chi connectivity index (χ2v) is 13.5. The first-order valence-electron chi connectivity index (χ1n) is 14.4. The second kappa shape index (κ2) is 9.12. The van der Waals surface area contributed by atoms with E-state index in [9.17, 15) is 9.90 Å². The van der Waals surface area contributed by atoms with E-state index in [1.165, 1.54) is 44.9 Å². The number of nitrogens with zero attached hydrogens (tertiary/aromatic N) is 1. The molecule has 5 aliphatic rings. The van der Waals surface area contributed by atoms with E-state index < -0.39 is 0 Å². The molecule has 5 rings (SSSR count). The maximum atomic E-state index is 12.9. The Hall–Kier alpha value is -0.610. The molecule has 4 aliphatic carbocycles. The van der Waals surface area contributed by atoms with Crippen LogP contribution >= 0.6 is 0 Å². The highest BCUT2D eigenvalue weighted by Crippen LogP contribution is 2.68. The van der Waals surface area contributed by atoms with Gasteiger partial charge in [0.15, 0.2) is 0 Å². The van der Waals surface area contributed by atoms with E-state index >= 15 is 0 Å². The van der Waals surface area contributed by atoms with Crippen molar-refractivity contribution in [2.45, 2.75) is 110 Å². The molecule has 0 aromatic carbocycles. The lowest BCUT2D eigenvalue weighted by Gasteiger charge is -2.61. The topological polar surface area (TPSA) is 52.6 Å². The van der Waals surface area contributed by atoms with Crippen molar-refractivity contribution in [2.24, 2.45) is 46.3 Å². The highest BCUT2D eigenvalue weighted by Gasteiger charge is 2.60. The number of carbonyl (C=O) groups excluding carboxylic acids is 1. The summed E-state index contributed by atoms with van der Waals surface area (Å²) in [4.78, 5) is 15.0. The van der Waals surface area contributed by atoms with Crippen LogP contribution in [0.5, 0.6) is 0 Å². The fourth-order valence-electron chi connectivity index (χ4n) is 10.1. The molecule has 4 saturated carbocycles. The van der Waals surface area contributed by atoms with Crippen LogP contribution in [0.25, 0.3) is 0 Å². The number of amides is 1. The van der Waals surface area contributed by atoms with Crippen LogP contribution in [0.1, 0.15) is 98.3 Å². The Balaban J connectivity index is 1.22. The highest BCUT2D eigenvalue weighted by atomic mass is 16.3. The maximum Gasteiger partial charge on any atom is 0.222 e. The van der Waals surface area contributed by atoms with Crippen LogP contribution in [0.4, 0.5) is 0 Å². The summed E-state index contributed by atoms with van der Waals surface area (Å²) in [6.45, 7) is 12.6. The Morgan fingerprint density at radius 3 is 2.61 bits per heavy atom. The van der Waals surface area contributed by atoms with E-state index in [0.29, 0.717) is 28.7 Å². The Bertz CT molecular complexity index is 726. The minimum atomic E-state index is -0.0442. The Morgan fingerprint density at radius 1 is 1.06 bits per heavy atom. The van der Waals surface area contributed by atoms with E-state index in [0.717, 1.165) is 74.9 Å². The molecular formula is C29H50N2O2. The average molecular weight is 459 g/mol. The maximum absolute atomic E-state index is 12.9. The zero-order valence-electron chi connectivity index (χ0n) is 21.8. The van der Waals surface area contributed by atoms with Crippen molar-refractivity contribution < 1.29 is 9.90 Å². The second-order valence-electron chi connectivity index (χ2n) is 13.5. The summed E-state index contributed by atoms with van der Waals surface area (Å²) in [6, 6.07) is 0.425. The lowest BCUT2D eigenvalue weighted by molar-refractivity contribution is -0.134. The SMILES string of the molecule is C[C@H](CCC(=O)N1CCN[C@@H](C)C1)[C@H]1CC[C@H]2[C@@H]3CC[C@H]4C[C@@H](O)CC[C@]4(C)[C@H]3CC[C@]12C. The number of rotatable bonds is 4. The number of hydrogen-bond donors (Lipinski definition) is 2. The van der Waals surface area contributed by atoms with Gasteiger partial charge in [0, 0.05) is 32.1 Å². The Kier molecular flexibility index (Phi) is 6.66. The number of carbonyl (C=O) groups is 1. The van der Waals surface area contributed by atoms with Gasteiger partial charge in [0.1, 0.15) is 0 Å². The van der Waals surface area contributed by atoms with Gasteiger partial charge in [-0.05, 0) is 117 Å². The molecule has 5 fully saturated rings. The van der Waals surface area contributed by atoms with Gasteiger partial charge in [0.2, 0.25) is 5.91 Å². The van der Waals surface area contributed by atoms with Crippen LogP contribution in [0.2, 0.25) is 0 Å². The van der Waals surface area contributed by atoms with Gasteiger partial charge in [-0.3, -0.25) is 4.79 Å². The van der Waals surface area contributed by atoms with Crippen molar-refractivity contribution in [1.29, 1.82) is 0 Å². The van der Waals surface area contributed by atoms with Crippen LogP contribution in [-0.2, 0) is 4.79 Å². The third-order valence-electron chi connectivity index (χ3n) is 11.9. The molecule has 2 N–H and O–H groups in total. The summed E-state index contributed by atoms with van der Waals surface area (Å²) in [6.07, 6.45) is 13.4. The van der Waals surface area contributed by atoms with Crippen molar-refractivity contribution >= 4 is 5.91 Å². The number of hydrogen-bond acceptors (Lipinski definition) is 3. The van der Waals surface area contributed by atoms with Crippen LogP contribution < -0.4 is 5.32 Å². The summed E-state index contributed by atoms with van der Waals surface area (Å²) in [7, 11) is 0. The molecule has 0 aromatic heterocycles. The van der Waals surface area contributed by atoms with E-state index in [1.807, 2.05) is 0 Å². The quantitative estimate of drug-likeness (QED) is 0.605. The van der Waals surface area contributed by atoms with Crippen molar-refractivity contribution in [2.75, 3.05) is 19.6 Å². The van der Waals surface area contributed by atoms with Crippen LogP contribution in [0.3, 0.4) is 0 Å². The highest BCUT2D eigenvalue weighted by molar-refractivity contribution is 5.76. The fourth-order valence-corrected chi connectivity index (χ4v) is 10.1. The van der Waals surface area contributed by atoms with Gasteiger partial charge in [0.25, 0.3) is 0 Å².